The highest BCUT2D eigenvalue weighted by Crippen LogP contribution is 2.07. The van der Waals surface area contributed by atoms with Gasteiger partial charge < -0.3 is 25.2 Å². The SMILES string of the molecule is CCNC(=NCc1ccc(C(=O)N(C)C)cc1)NCCN(C)CCOC.I. The molecule has 0 aliphatic carbocycles. The van der Waals surface area contributed by atoms with Crippen LogP contribution in [0, 0.1) is 0 Å². The highest BCUT2D eigenvalue weighted by atomic mass is 127. The van der Waals surface area contributed by atoms with E-state index in [9.17, 15) is 4.79 Å². The van der Waals surface area contributed by atoms with E-state index in [1.165, 1.54) is 0 Å². The number of aliphatic imine (C=N–C) groups is 1. The van der Waals surface area contributed by atoms with Crippen molar-refractivity contribution in [1.82, 2.24) is 20.4 Å². The van der Waals surface area contributed by atoms with Gasteiger partial charge in [-0.1, -0.05) is 12.1 Å². The van der Waals surface area contributed by atoms with Gasteiger partial charge in [-0.05, 0) is 31.7 Å². The number of guanidine groups is 1. The molecule has 0 bridgehead atoms. The molecular formula is C19H34IN5O2. The number of hydrogen-bond acceptors (Lipinski definition) is 4. The lowest BCUT2D eigenvalue weighted by molar-refractivity contribution is 0.0827. The first-order valence-corrected chi connectivity index (χ1v) is 8.98. The maximum absolute atomic E-state index is 11.9. The third kappa shape index (κ3) is 10.5. The van der Waals surface area contributed by atoms with Crippen LogP contribution in [0.5, 0.6) is 0 Å². The molecule has 0 aromatic heterocycles. The normalized spacial score (nSPS) is 11.1. The van der Waals surface area contributed by atoms with Crippen LogP contribution in [0.25, 0.3) is 0 Å². The van der Waals surface area contributed by atoms with Gasteiger partial charge >= 0.3 is 0 Å². The van der Waals surface area contributed by atoms with E-state index < -0.39 is 0 Å². The summed E-state index contributed by atoms with van der Waals surface area (Å²) < 4.78 is 5.08. The molecule has 154 valence electrons. The zero-order valence-electron chi connectivity index (χ0n) is 17.1. The maximum atomic E-state index is 11.9. The highest BCUT2D eigenvalue weighted by molar-refractivity contribution is 14.0. The van der Waals surface area contributed by atoms with Gasteiger partial charge in [0.15, 0.2) is 5.96 Å². The van der Waals surface area contributed by atoms with Crippen LogP contribution in [0.2, 0.25) is 0 Å². The average Bonchev–Trinajstić information content (AvgIpc) is 2.64. The topological polar surface area (TPSA) is 69.2 Å². The van der Waals surface area contributed by atoms with Crippen LogP contribution >= 0.6 is 24.0 Å². The van der Waals surface area contributed by atoms with Crippen LogP contribution in [0.3, 0.4) is 0 Å². The van der Waals surface area contributed by atoms with Crippen LogP contribution in [0.15, 0.2) is 29.3 Å². The van der Waals surface area contributed by atoms with Crippen molar-refractivity contribution in [1.29, 1.82) is 0 Å². The number of rotatable bonds is 10. The predicted molar refractivity (Wildman–Crippen MR) is 122 cm³/mol. The van der Waals surface area contributed by atoms with Gasteiger partial charge in [0.2, 0.25) is 0 Å². The summed E-state index contributed by atoms with van der Waals surface area (Å²) in [7, 11) is 7.29. The number of amides is 1. The Bertz CT molecular complexity index is 564. The molecule has 27 heavy (non-hydrogen) atoms. The molecule has 0 saturated heterocycles. The molecule has 0 aliphatic rings. The van der Waals surface area contributed by atoms with Crippen molar-refractivity contribution in [2.24, 2.45) is 4.99 Å². The number of ether oxygens (including phenoxy) is 1. The van der Waals surface area contributed by atoms with E-state index in [1.54, 1.807) is 26.1 Å². The van der Waals surface area contributed by atoms with Crippen molar-refractivity contribution >= 4 is 35.8 Å². The Morgan fingerprint density at radius 2 is 1.78 bits per heavy atom. The minimum Gasteiger partial charge on any atom is -0.383 e. The maximum Gasteiger partial charge on any atom is 0.253 e. The van der Waals surface area contributed by atoms with Crippen LogP contribution in [0.4, 0.5) is 0 Å². The first-order valence-electron chi connectivity index (χ1n) is 8.98. The summed E-state index contributed by atoms with van der Waals surface area (Å²) >= 11 is 0. The molecular weight excluding hydrogens is 457 g/mol. The van der Waals surface area contributed by atoms with Crippen molar-refractivity contribution in [2.75, 3.05) is 61.0 Å². The lowest BCUT2D eigenvalue weighted by Gasteiger charge is -2.17. The van der Waals surface area contributed by atoms with E-state index in [0.717, 1.165) is 44.3 Å². The standard InChI is InChI=1S/C19H33N5O2.HI/c1-6-20-19(21-11-12-24(4)13-14-26-5)22-15-16-7-9-17(10-8-16)18(25)23(2)3;/h7-10H,6,11-15H2,1-5H3,(H2,20,21,22);1H. The molecule has 1 aromatic rings. The van der Waals surface area contributed by atoms with Crippen LogP contribution in [-0.2, 0) is 11.3 Å². The molecule has 0 unspecified atom stereocenters. The quantitative estimate of drug-likeness (QED) is 0.296. The number of nitrogens with one attached hydrogen (secondary N) is 2. The molecule has 0 radical (unpaired) electrons. The van der Waals surface area contributed by atoms with E-state index >= 15 is 0 Å². The van der Waals surface area contributed by atoms with Crippen molar-refractivity contribution in [2.45, 2.75) is 13.5 Å². The smallest absolute Gasteiger partial charge is 0.253 e. The van der Waals surface area contributed by atoms with Crippen LogP contribution in [0.1, 0.15) is 22.8 Å². The number of halogens is 1. The predicted octanol–water partition coefficient (Wildman–Crippen LogP) is 1.64. The van der Waals surface area contributed by atoms with Gasteiger partial charge in [-0.25, -0.2) is 4.99 Å². The summed E-state index contributed by atoms with van der Waals surface area (Å²) in [5.41, 5.74) is 1.75. The third-order valence-corrected chi connectivity index (χ3v) is 3.83. The fourth-order valence-electron chi connectivity index (χ4n) is 2.25. The molecule has 1 rings (SSSR count). The fraction of sp³-hybridized carbons (Fsp3) is 0.579. The van der Waals surface area contributed by atoms with Gasteiger partial charge in [-0.3, -0.25) is 4.79 Å². The Hall–Kier alpha value is -1.39. The number of benzene rings is 1. The van der Waals surface area contributed by atoms with Gasteiger partial charge in [0.05, 0.1) is 13.2 Å². The van der Waals surface area contributed by atoms with E-state index in [2.05, 4.69) is 27.6 Å². The minimum atomic E-state index is 0. The van der Waals surface area contributed by atoms with Crippen molar-refractivity contribution < 1.29 is 9.53 Å². The molecule has 0 aliphatic heterocycles. The van der Waals surface area contributed by atoms with E-state index in [1.807, 2.05) is 31.2 Å². The molecule has 0 heterocycles. The summed E-state index contributed by atoms with van der Waals surface area (Å²) in [6.07, 6.45) is 0. The fourth-order valence-corrected chi connectivity index (χ4v) is 2.25. The highest BCUT2D eigenvalue weighted by Gasteiger charge is 2.07. The Labute approximate surface area is 180 Å². The number of carbonyl (C=O) groups excluding carboxylic acids is 1. The van der Waals surface area contributed by atoms with E-state index in [-0.39, 0.29) is 29.9 Å². The lowest BCUT2D eigenvalue weighted by Crippen LogP contribution is -2.41. The summed E-state index contributed by atoms with van der Waals surface area (Å²) in [5, 5.41) is 6.59. The zero-order chi connectivity index (χ0) is 19.4. The Morgan fingerprint density at radius 3 is 2.33 bits per heavy atom. The number of nitrogens with zero attached hydrogens (tertiary/aromatic N) is 3. The molecule has 2 N–H and O–H groups in total. The van der Waals surface area contributed by atoms with Crippen molar-refractivity contribution in [3.8, 4) is 0 Å². The third-order valence-electron chi connectivity index (χ3n) is 3.83. The molecule has 0 fully saturated rings. The largest absolute Gasteiger partial charge is 0.383 e. The summed E-state index contributed by atoms with van der Waals surface area (Å²) in [4.78, 5) is 20.3. The Balaban J connectivity index is 0.00000676. The molecule has 0 spiro atoms. The van der Waals surface area contributed by atoms with Gasteiger partial charge in [0, 0.05) is 52.9 Å². The molecule has 7 nitrogen and oxygen atoms in total. The van der Waals surface area contributed by atoms with E-state index in [0.29, 0.717) is 12.1 Å². The monoisotopic (exact) mass is 491 g/mol. The second kappa shape index (κ2) is 14.6. The van der Waals surface area contributed by atoms with Crippen molar-refractivity contribution in [3.63, 3.8) is 0 Å². The molecule has 1 amide bonds. The number of hydrogen-bond donors (Lipinski definition) is 2. The average molecular weight is 491 g/mol. The Morgan fingerprint density at radius 1 is 1.11 bits per heavy atom. The van der Waals surface area contributed by atoms with Crippen LogP contribution in [-0.4, -0.2) is 82.7 Å². The summed E-state index contributed by atoms with van der Waals surface area (Å²) in [5.74, 6) is 0.800. The second-order valence-corrected chi connectivity index (χ2v) is 6.31. The van der Waals surface area contributed by atoms with Gasteiger partial charge in [-0.2, -0.15) is 0 Å². The lowest BCUT2D eigenvalue weighted by atomic mass is 10.1. The number of carbonyl (C=O) groups is 1. The second-order valence-electron chi connectivity index (χ2n) is 6.31. The number of methoxy groups -OCH3 is 1. The van der Waals surface area contributed by atoms with Crippen LogP contribution < -0.4 is 10.6 Å². The number of likely N-dealkylation sites (N-methyl/N-ethyl adjacent to an activating group) is 1. The first kappa shape index (κ1) is 25.6. The first-order chi connectivity index (χ1) is 12.5. The summed E-state index contributed by atoms with van der Waals surface area (Å²) in [6.45, 7) is 6.77. The molecule has 1 aromatic carbocycles. The molecule has 8 heteroatoms. The van der Waals surface area contributed by atoms with Crippen molar-refractivity contribution in [3.05, 3.63) is 35.4 Å². The zero-order valence-corrected chi connectivity index (χ0v) is 19.4. The molecule has 0 atom stereocenters. The van der Waals surface area contributed by atoms with Gasteiger partial charge in [-0.15, -0.1) is 24.0 Å². The van der Waals surface area contributed by atoms with E-state index in [4.69, 9.17) is 4.74 Å². The van der Waals surface area contributed by atoms with Gasteiger partial charge in [0.1, 0.15) is 0 Å². The summed E-state index contributed by atoms with van der Waals surface area (Å²) in [6, 6.07) is 7.58. The van der Waals surface area contributed by atoms with Gasteiger partial charge in [0.25, 0.3) is 5.91 Å². The molecule has 0 saturated carbocycles. The minimum absolute atomic E-state index is 0. The Kier molecular flexibility index (Phi) is 13.9.